The topological polar surface area (TPSA) is 58.6 Å². The number of piperidine rings is 1. The second-order valence-corrected chi connectivity index (χ2v) is 6.92. The van der Waals surface area contributed by atoms with Gasteiger partial charge in [0.1, 0.15) is 0 Å². The van der Waals surface area contributed by atoms with E-state index in [4.69, 9.17) is 4.74 Å². The molecule has 0 bridgehead atoms. The van der Waals surface area contributed by atoms with Gasteiger partial charge in [0, 0.05) is 57.3 Å². The summed E-state index contributed by atoms with van der Waals surface area (Å²) in [6.07, 6.45) is 6.89. The maximum absolute atomic E-state index is 12.8. The van der Waals surface area contributed by atoms with Crippen LogP contribution in [0.15, 0.2) is 30.6 Å². The second kappa shape index (κ2) is 7.06. The number of hydrogen-bond donors (Lipinski definition) is 0. The number of hydrogen-bond acceptors (Lipinski definition) is 5. The van der Waals surface area contributed by atoms with Crippen LogP contribution in [0.25, 0.3) is 11.0 Å². The lowest BCUT2D eigenvalue weighted by Gasteiger charge is -2.36. The quantitative estimate of drug-likeness (QED) is 0.855. The summed E-state index contributed by atoms with van der Waals surface area (Å²) in [7, 11) is 1.80. The predicted octanol–water partition coefficient (Wildman–Crippen LogP) is 1.96. The van der Waals surface area contributed by atoms with E-state index in [0.717, 1.165) is 56.5 Å². The molecule has 6 nitrogen and oxygen atoms in total. The smallest absolute Gasteiger partial charge is 0.253 e. The molecule has 4 rings (SSSR count). The number of nitrogens with zero attached hydrogens (tertiary/aromatic N) is 4. The van der Waals surface area contributed by atoms with E-state index in [1.807, 2.05) is 23.1 Å². The van der Waals surface area contributed by atoms with Gasteiger partial charge in [-0.05, 0) is 37.5 Å². The van der Waals surface area contributed by atoms with E-state index >= 15 is 0 Å². The van der Waals surface area contributed by atoms with Gasteiger partial charge in [-0.2, -0.15) is 0 Å². The van der Waals surface area contributed by atoms with Gasteiger partial charge in [0.2, 0.25) is 0 Å². The Morgan fingerprint density at radius 2 is 1.84 bits per heavy atom. The molecule has 0 saturated carbocycles. The third-order valence-electron chi connectivity index (χ3n) is 5.49. The van der Waals surface area contributed by atoms with Crippen molar-refractivity contribution in [1.82, 2.24) is 19.8 Å². The number of carbonyl (C=O) groups is 1. The molecule has 132 valence electrons. The molecule has 0 spiro atoms. The predicted molar refractivity (Wildman–Crippen MR) is 95.5 cm³/mol. The molecule has 1 amide bonds. The average Bonchev–Trinajstić information content (AvgIpc) is 3.16. The molecule has 0 N–H and O–H groups in total. The van der Waals surface area contributed by atoms with E-state index in [9.17, 15) is 4.79 Å². The fourth-order valence-electron chi connectivity index (χ4n) is 3.99. The highest BCUT2D eigenvalue weighted by Crippen LogP contribution is 2.23. The van der Waals surface area contributed by atoms with Crippen molar-refractivity contribution in [3.63, 3.8) is 0 Å². The Labute approximate surface area is 147 Å². The first-order chi connectivity index (χ1) is 12.2. The van der Waals surface area contributed by atoms with Crippen LogP contribution in [-0.2, 0) is 4.74 Å². The molecular formula is C19H24N4O2. The first-order valence-corrected chi connectivity index (χ1v) is 9.01. The number of likely N-dealkylation sites (tertiary alicyclic amines) is 2. The van der Waals surface area contributed by atoms with Gasteiger partial charge in [0.05, 0.1) is 17.1 Å². The zero-order valence-electron chi connectivity index (χ0n) is 14.6. The van der Waals surface area contributed by atoms with Crippen LogP contribution in [-0.4, -0.2) is 71.1 Å². The third-order valence-corrected chi connectivity index (χ3v) is 5.49. The minimum Gasteiger partial charge on any atom is -0.380 e. The van der Waals surface area contributed by atoms with Crippen molar-refractivity contribution in [3.05, 3.63) is 36.2 Å². The second-order valence-electron chi connectivity index (χ2n) is 6.92. The van der Waals surface area contributed by atoms with Gasteiger partial charge < -0.3 is 9.64 Å². The molecule has 1 aromatic carbocycles. The molecule has 2 aliphatic rings. The minimum atomic E-state index is 0.0993. The average molecular weight is 340 g/mol. The molecule has 1 unspecified atom stereocenters. The van der Waals surface area contributed by atoms with Crippen LogP contribution in [0.5, 0.6) is 0 Å². The van der Waals surface area contributed by atoms with Gasteiger partial charge in [-0.3, -0.25) is 19.7 Å². The highest BCUT2D eigenvalue weighted by molar-refractivity contribution is 5.97. The van der Waals surface area contributed by atoms with E-state index in [1.165, 1.54) is 0 Å². The number of rotatable bonds is 3. The lowest BCUT2D eigenvalue weighted by atomic mass is 10.0. The van der Waals surface area contributed by atoms with Crippen molar-refractivity contribution in [2.45, 2.75) is 31.4 Å². The Morgan fingerprint density at radius 1 is 1.08 bits per heavy atom. The van der Waals surface area contributed by atoms with E-state index in [-0.39, 0.29) is 5.91 Å². The summed E-state index contributed by atoms with van der Waals surface area (Å²) in [6, 6.07) is 6.15. The molecule has 2 aromatic rings. The van der Waals surface area contributed by atoms with Gasteiger partial charge in [-0.1, -0.05) is 0 Å². The summed E-state index contributed by atoms with van der Waals surface area (Å²) < 4.78 is 5.47. The summed E-state index contributed by atoms with van der Waals surface area (Å²) in [5.74, 6) is 0.0993. The van der Waals surface area contributed by atoms with Crippen molar-refractivity contribution in [1.29, 1.82) is 0 Å². The lowest BCUT2D eigenvalue weighted by molar-refractivity contribution is 0.0603. The lowest BCUT2D eigenvalue weighted by Crippen LogP contribution is -2.46. The number of ether oxygens (including phenoxy) is 1. The number of methoxy groups -OCH3 is 1. The standard InChI is InChI=1S/C19H24N4O2/c1-25-16-6-11-23(13-16)15-4-9-22(10-5-15)19(24)14-2-3-17-18(12-14)21-8-7-20-17/h2-3,7-8,12,15-16H,4-6,9-11,13H2,1H3. The van der Waals surface area contributed by atoms with Crippen molar-refractivity contribution >= 4 is 16.9 Å². The van der Waals surface area contributed by atoms with E-state index < -0.39 is 0 Å². The Bertz CT molecular complexity index is 758. The van der Waals surface area contributed by atoms with Gasteiger partial charge in [-0.15, -0.1) is 0 Å². The Kier molecular flexibility index (Phi) is 4.63. The monoisotopic (exact) mass is 340 g/mol. The van der Waals surface area contributed by atoms with E-state index in [0.29, 0.717) is 17.7 Å². The zero-order chi connectivity index (χ0) is 17.2. The molecule has 3 heterocycles. The van der Waals surface area contributed by atoms with Crippen LogP contribution < -0.4 is 0 Å². The Balaban J connectivity index is 1.39. The molecule has 2 saturated heterocycles. The maximum Gasteiger partial charge on any atom is 0.253 e. The molecule has 25 heavy (non-hydrogen) atoms. The highest BCUT2D eigenvalue weighted by Gasteiger charge is 2.32. The summed E-state index contributed by atoms with van der Waals surface area (Å²) in [4.78, 5) is 25.9. The van der Waals surface area contributed by atoms with Gasteiger partial charge in [0.15, 0.2) is 0 Å². The van der Waals surface area contributed by atoms with Gasteiger partial charge in [0.25, 0.3) is 5.91 Å². The molecule has 2 aliphatic heterocycles. The maximum atomic E-state index is 12.8. The van der Waals surface area contributed by atoms with Gasteiger partial charge in [-0.25, -0.2) is 0 Å². The molecular weight excluding hydrogens is 316 g/mol. The van der Waals surface area contributed by atoms with Crippen LogP contribution in [0.2, 0.25) is 0 Å². The Hall–Kier alpha value is -2.05. The van der Waals surface area contributed by atoms with Crippen LogP contribution >= 0.6 is 0 Å². The normalized spacial score (nSPS) is 22.6. The number of benzene rings is 1. The summed E-state index contributed by atoms with van der Waals surface area (Å²) in [5.41, 5.74) is 2.29. The van der Waals surface area contributed by atoms with Crippen LogP contribution in [0.3, 0.4) is 0 Å². The van der Waals surface area contributed by atoms with E-state index in [1.54, 1.807) is 19.5 Å². The summed E-state index contributed by atoms with van der Waals surface area (Å²) in [5, 5.41) is 0. The minimum absolute atomic E-state index is 0.0993. The van der Waals surface area contributed by atoms with Crippen molar-refractivity contribution < 1.29 is 9.53 Å². The Morgan fingerprint density at radius 3 is 2.56 bits per heavy atom. The zero-order valence-corrected chi connectivity index (χ0v) is 14.6. The SMILES string of the molecule is COC1CCN(C2CCN(C(=O)c3ccc4nccnc4c3)CC2)C1. The van der Waals surface area contributed by atoms with E-state index in [2.05, 4.69) is 14.9 Å². The molecule has 6 heteroatoms. The van der Waals surface area contributed by atoms with Crippen molar-refractivity contribution in [3.8, 4) is 0 Å². The third kappa shape index (κ3) is 3.37. The van der Waals surface area contributed by atoms with Gasteiger partial charge >= 0.3 is 0 Å². The number of aromatic nitrogens is 2. The van der Waals surface area contributed by atoms with Crippen LogP contribution in [0.1, 0.15) is 29.6 Å². The fourth-order valence-corrected chi connectivity index (χ4v) is 3.99. The van der Waals surface area contributed by atoms with Crippen LogP contribution in [0, 0.1) is 0 Å². The first-order valence-electron chi connectivity index (χ1n) is 9.01. The van der Waals surface area contributed by atoms with Crippen LogP contribution in [0.4, 0.5) is 0 Å². The molecule has 1 atom stereocenters. The summed E-state index contributed by atoms with van der Waals surface area (Å²) in [6.45, 7) is 3.77. The molecule has 0 aliphatic carbocycles. The number of carbonyl (C=O) groups excluding carboxylic acids is 1. The first kappa shape index (κ1) is 16.4. The molecule has 1 aromatic heterocycles. The van der Waals surface area contributed by atoms with Crippen molar-refractivity contribution in [2.24, 2.45) is 0 Å². The number of fused-ring (bicyclic) bond motifs is 1. The largest absolute Gasteiger partial charge is 0.380 e. The highest BCUT2D eigenvalue weighted by atomic mass is 16.5. The fraction of sp³-hybridized carbons (Fsp3) is 0.526. The summed E-state index contributed by atoms with van der Waals surface area (Å²) >= 11 is 0. The molecule has 0 radical (unpaired) electrons. The number of amides is 1. The molecule has 2 fully saturated rings. The van der Waals surface area contributed by atoms with Crippen molar-refractivity contribution in [2.75, 3.05) is 33.3 Å².